The van der Waals surface area contributed by atoms with Gasteiger partial charge in [0.05, 0.1) is 5.56 Å². The Balaban J connectivity index is 1.53. The summed E-state index contributed by atoms with van der Waals surface area (Å²) in [4.78, 5) is 17.0. The molecule has 0 spiro atoms. The minimum atomic E-state index is -0.0690. The number of carbonyl (C=O) groups excluding carboxylic acids is 1. The maximum Gasteiger partial charge on any atom is 0.257 e. The molecule has 4 nitrogen and oxygen atoms in total. The Morgan fingerprint density at radius 3 is 2.35 bits per heavy atom. The average Bonchev–Trinajstić information content (AvgIpc) is 2.67. The van der Waals surface area contributed by atoms with Gasteiger partial charge in [0, 0.05) is 32.7 Å². The van der Waals surface area contributed by atoms with Gasteiger partial charge in [-0.05, 0) is 35.6 Å². The van der Waals surface area contributed by atoms with Gasteiger partial charge in [0.2, 0.25) is 0 Å². The molecule has 1 amide bonds. The van der Waals surface area contributed by atoms with E-state index in [-0.39, 0.29) is 11.7 Å². The van der Waals surface area contributed by atoms with Crippen LogP contribution in [0.5, 0.6) is 5.75 Å². The van der Waals surface area contributed by atoms with Gasteiger partial charge in [-0.1, -0.05) is 50.2 Å². The summed E-state index contributed by atoms with van der Waals surface area (Å²) < 4.78 is 0. The molecule has 1 fully saturated rings. The maximum atomic E-state index is 12.7. The first-order valence-electron chi connectivity index (χ1n) is 9.43. The Kier molecular flexibility index (Phi) is 5.94. The molecule has 0 aliphatic carbocycles. The van der Waals surface area contributed by atoms with E-state index < -0.39 is 0 Å². The Hall–Kier alpha value is -2.33. The zero-order chi connectivity index (χ0) is 18.5. The van der Waals surface area contributed by atoms with E-state index in [9.17, 15) is 9.90 Å². The number of rotatable bonds is 5. The van der Waals surface area contributed by atoms with Crippen LogP contribution in [0.3, 0.4) is 0 Å². The summed E-state index contributed by atoms with van der Waals surface area (Å²) in [5.41, 5.74) is 2.80. The van der Waals surface area contributed by atoms with E-state index in [1.165, 1.54) is 5.56 Å². The molecule has 3 rings (SSSR count). The van der Waals surface area contributed by atoms with Crippen molar-refractivity contribution in [3.63, 3.8) is 0 Å². The molecule has 4 heteroatoms. The highest BCUT2D eigenvalue weighted by Crippen LogP contribution is 2.25. The first-order chi connectivity index (χ1) is 12.5. The van der Waals surface area contributed by atoms with Crippen LogP contribution in [0, 0.1) is 0 Å². The summed E-state index contributed by atoms with van der Waals surface area (Å²) in [5.74, 6) is 0.353. The lowest BCUT2D eigenvalue weighted by Gasteiger charge is -2.35. The zero-order valence-electron chi connectivity index (χ0n) is 15.7. The molecule has 0 atom stereocenters. The second-order valence-corrected chi connectivity index (χ2v) is 7.30. The molecule has 1 heterocycles. The first-order valence-corrected chi connectivity index (χ1v) is 9.43. The Morgan fingerprint density at radius 2 is 1.73 bits per heavy atom. The fraction of sp³-hybridized carbons (Fsp3) is 0.409. The first kappa shape index (κ1) is 18.5. The van der Waals surface area contributed by atoms with E-state index >= 15 is 0 Å². The van der Waals surface area contributed by atoms with Crippen molar-refractivity contribution in [1.82, 2.24) is 9.80 Å². The monoisotopic (exact) mass is 352 g/mol. The van der Waals surface area contributed by atoms with Crippen LogP contribution in [-0.4, -0.2) is 53.5 Å². The Bertz CT molecular complexity index is 735. The summed E-state index contributed by atoms with van der Waals surface area (Å²) in [7, 11) is 0. The minimum absolute atomic E-state index is 0.0690. The van der Waals surface area contributed by atoms with E-state index in [1.807, 2.05) is 17.0 Å². The predicted octanol–water partition coefficient (Wildman–Crippen LogP) is 3.52. The number of phenolic OH excluding ortho intramolecular Hbond substituents is 1. The molecule has 2 aromatic carbocycles. The summed E-state index contributed by atoms with van der Waals surface area (Å²) in [6.45, 7) is 8.33. The van der Waals surface area contributed by atoms with Crippen molar-refractivity contribution in [2.75, 3.05) is 32.7 Å². The lowest BCUT2D eigenvalue weighted by Crippen LogP contribution is -2.49. The SMILES string of the molecule is CC(C)c1ccc(C(=O)N2CCN(CCc3ccccc3)CC2)c(O)c1. The second-order valence-electron chi connectivity index (χ2n) is 7.30. The van der Waals surface area contributed by atoms with Gasteiger partial charge in [-0.2, -0.15) is 0 Å². The van der Waals surface area contributed by atoms with Crippen molar-refractivity contribution in [2.45, 2.75) is 26.2 Å². The second kappa shape index (κ2) is 8.37. The van der Waals surface area contributed by atoms with E-state index in [2.05, 4.69) is 43.0 Å². The van der Waals surface area contributed by atoms with Gasteiger partial charge >= 0.3 is 0 Å². The Morgan fingerprint density at radius 1 is 1.04 bits per heavy atom. The third-order valence-electron chi connectivity index (χ3n) is 5.14. The number of phenols is 1. The average molecular weight is 352 g/mol. The topological polar surface area (TPSA) is 43.8 Å². The third kappa shape index (κ3) is 4.44. The van der Waals surface area contributed by atoms with Gasteiger partial charge in [0.25, 0.3) is 5.91 Å². The van der Waals surface area contributed by atoms with Gasteiger partial charge < -0.3 is 10.0 Å². The van der Waals surface area contributed by atoms with Crippen LogP contribution in [0.2, 0.25) is 0 Å². The van der Waals surface area contributed by atoms with Crippen LogP contribution >= 0.6 is 0 Å². The van der Waals surface area contributed by atoms with Crippen LogP contribution < -0.4 is 0 Å². The number of hydrogen-bond donors (Lipinski definition) is 1. The number of amides is 1. The highest BCUT2D eigenvalue weighted by atomic mass is 16.3. The van der Waals surface area contributed by atoms with E-state index in [0.29, 0.717) is 24.6 Å². The molecule has 0 radical (unpaired) electrons. The summed E-state index contributed by atoms with van der Waals surface area (Å²) in [5, 5.41) is 10.2. The standard InChI is InChI=1S/C22H28N2O2/c1-17(2)19-8-9-20(21(25)16-19)22(26)24-14-12-23(13-15-24)11-10-18-6-4-3-5-7-18/h3-9,16-17,25H,10-15H2,1-2H3. The molecule has 1 saturated heterocycles. The predicted molar refractivity (Wildman–Crippen MR) is 105 cm³/mol. The van der Waals surface area contributed by atoms with Crippen molar-refractivity contribution < 1.29 is 9.90 Å². The highest BCUT2D eigenvalue weighted by molar-refractivity contribution is 5.97. The summed E-state index contributed by atoms with van der Waals surface area (Å²) >= 11 is 0. The van der Waals surface area contributed by atoms with Crippen LogP contribution in [0.4, 0.5) is 0 Å². The molecule has 1 aliphatic heterocycles. The number of piperazine rings is 1. The van der Waals surface area contributed by atoms with Crippen LogP contribution in [0.25, 0.3) is 0 Å². The zero-order valence-corrected chi connectivity index (χ0v) is 15.7. The molecule has 0 bridgehead atoms. The maximum absolute atomic E-state index is 12.7. The van der Waals surface area contributed by atoms with E-state index in [0.717, 1.165) is 31.6 Å². The van der Waals surface area contributed by atoms with Crippen LogP contribution in [0.15, 0.2) is 48.5 Å². The molecule has 138 valence electrons. The number of nitrogens with zero attached hydrogens (tertiary/aromatic N) is 2. The molecule has 26 heavy (non-hydrogen) atoms. The van der Waals surface area contributed by atoms with Crippen molar-refractivity contribution in [3.05, 3.63) is 65.2 Å². The number of hydrogen-bond acceptors (Lipinski definition) is 3. The van der Waals surface area contributed by atoms with Gasteiger partial charge in [0.1, 0.15) is 5.75 Å². The summed E-state index contributed by atoms with van der Waals surface area (Å²) in [6, 6.07) is 15.9. The van der Waals surface area contributed by atoms with Crippen molar-refractivity contribution in [1.29, 1.82) is 0 Å². The smallest absolute Gasteiger partial charge is 0.257 e. The fourth-order valence-corrected chi connectivity index (χ4v) is 3.37. The molecule has 2 aromatic rings. The molecule has 0 aromatic heterocycles. The van der Waals surface area contributed by atoms with Crippen LogP contribution in [-0.2, 0) is 6.42 Å². The molecular formula is C22H28N2O2. The molecule has 0 saturated carbocycles. The van der Waals surface area contributed by atoms with Crippen LogP contribution in [0.1, 0.15) is 41.3 Å². The van der Waals surface area contributed by atoms with Crippen molar-refractivity contribution >= 4 is 5.91 Å². The van der Waals surface area contributed by atoms with Crippen molar-refractivity contribution in [2.24, 2.45) is 0 Å². The molecule has 1 N–H and O–H groups in total. The van der Waals surface area contributed by atoms with Crippen molar-refractivity contribution in [3.8, 4) is 5.75 Å². The lowest BCUT2D eigenvalue weighted by atomic mass is 10.0. The van der Waals surface area contributed by atoms with Gasteiger partial charge in [0.15, 0.2) is 0 Å². The highest BCUT2D eigenvalue weighted by Gasteiger charge is 2.24. The normalized spacial score (nSPS) is 15.4. The molecule has 1 aliphatic rings. The summed E-state index contributed by atoms with van der Waals surface area (Å²) in [6.07, 6.45) is 1.03. The number of aromatic hydroxyl groups is 1. The van der Waals surface area contributed by atoms with E-state index in [1.54, 1.807) is 12.1 Å². The number of benzene rings is 2. The molecular weight excluding hydrogens is 324 g/mol. The lowest BCUT2D eigenvalue weighted by molar-refractivity contribution is 0.0635. The molecule has 0 unspecified atom stereocenters. The van der Waals surface area contributed by atoms with Gasteiger partial charge in [-0.25, -0.2) is 0 Å². The number of carbonyl (C=O) groups is 1. The quantitative estimate of drug-likeness (QED) is 0.895. The third-order valence-corrected chi connectivity index (χ3v) is 5.14. The minimum Gasteiger partial charge on any atom is -0.507 e. The van der Waals surface area contributed by atoms with Gasteiger partial charge in [-0.15, -0.1) is 0 Å². The van der Waals surface area contributed by atoms with E-state index in [4.69, 9.17) is 0 Å². The fourth-order valence-electron chi connectivity index (χ4n) is 3.37. The largest absolute Gasteiger partial charge is 0.507 e. The van der Waals surface area contributed by atoms with Gasteiger partial charge in [-0.3, -0.25) is 9.69 Å². The Labute approximate surface area is 156 Å².